The summed E-state index contributed by atoms with van der Waals surface area (Å²) in [4.78, 5) is 40.7. The molecule has 2 atom stereocenters. The average Bonchev–Trinajstić information content (AvgIpc) is 2.63. The lowest BCUT2D eigenvalue weighted by molar-refractivity contribution is -0.159. The monoisotopic (exact) mass is 385 g/mol. The molecule has 9 nitrogen and oxygen atoms in total. The zero-order chi connectivity index (χ0) is 20.4. The van der Waals surface area contributed by atoms with Crippen LogP contribution >= 0.6 is 0 Å². The Balaban J connectivity index is 1.71. The van der Waals surface area contributed by atoms with Crippen molar-refractivity contribution in [2.24, 2.45) is 0 Å². The molecule has 0 radical (unpaired) electrons. The molecule has 2 aromatic rings. The Morgan fingerprint density at radius 3 is 2.54 bits per heavy atom. The Morgan fingerprint density at radius 1 is 1.25 bits per heavy atom. The summed E-state index contributed by atoms with van der Waals surface area (Å²) in [6.07, 6.45) is 1.40. The first-order chi connectivity index (χ1) is 13.3. The van der Waals surface area contributed by atoms with E-state index in [-0.39, 0.29) is 11.5 Å². The number of amides is 3. The zero-order valence-corrected chi connectivity index (χ0v) is 14.4. The molecule has 144 valence electrons. The van der Waals surface area contributed by atoms with Crippen molar-refractivity contribution in [2.45, 2.75) is 12.1 Å². The molecule has 0 bridgehead atoms. The van der Waals surface area contributed by atoms with Gasteiger partial charge in [0.05, 0.1) is 0 Å². The Kier molecular flexibility index (Phi) is 4.94. The van der Waals surface area contributed by atoms with Crippen molar-refractivity contribution < 1.29 is 23.9 Å². The SMILES string of the molecule is C=C(NC(=O)N1C(=O)C(Nc2ccnc(N)c2)[C@H]1C(=O)O)c1ccc(F)cc1. The molecule has 5 N–H and O–H groups in total. The molecule has 1 aliphatic heterocycles. The minimum Gasteiger partial charge on any atom is -0.480 e. The Bertz CT molecular complexity index is 963. The van der Waals surface area contributed by atoms with E-state index in [2.05, 4.69) is 22.2 Å². The number of carbonyl (C=O) groups is 3. The van der Waals surface area contributed by atoms with Gasteiger partial charge in [0.2, 0.25) is 0 Å². The molecule has 1 fully saturated rings. The van der Waals surface area contributed by atoms with Gasteiger partial charge in [0.1, 0.15) is 17.7 Å². The molecular formula is C18H16FN5O4. The summed E-state index contributed by atoms with van der Waals surface area (Å²) in [5.74, 6) is -2.36. The maximum absolute atomic E-state index is 13.0. The van der Waals surface area contributed by atoms with Crippen LogP contribution in [0.5, 0.6) is 0 Å². The number of nitrogens with two attached hydrogens (primary N) is 1. The standard InChI is InChI=1S/C18H16FN5O4/c1-9(10-2-4-11(19)5-3-10)22-18(28)24-15(17(26)27)14(16(24)25)23-12-6-7-21-13(20)8-12/h2-8,14-15H,1H2,(H,22,28)(H,26,27)(H3,20,21,23)/t14?,15-/m0/s1. The second-order valence-electron chi connectivity index (χ2n) is 6.00. The molecule has 3 amide bonds. The maximum atomic E-state index is 13.0. The van der Waals surface area contributed by atoms with Gasteiger partial charge in [0.25, 0.3) is 5.91 Å². The summed E-state index contributed by atoms with van der Waals surface area (Å²) >= 11 is 0. The maximum Gasteiger partial charge on any atom is 0.329 e. The van der Waals surface area contributed by atoms with E-state index in [1.54, 1.807) is 0 Å². The number of nitrogens with one attached hydrogen (secondary N) is 2. The van der Waals surface area contributed by atoms with Crippen LogP contribution in [0.4, 0.5) is 20.7 Å². The van der Waals surface area contributed by atoms with E-state index in [4.69, 9.17) is 5.73 Å². The highest BCUT2D eigenvalue weighted by atomic mass is 19.1. The number of nitrogen functional groups attached to an aromatic ring is 1. The number of aliphatic carboxylic acids is 1. The topological polar surface area (TPSA) is 138 Å². The Hall–Kier alpha value is -3.95. The van der Waals surface area contributed by atoms with Gasteiger partial charge in [-0.05, 0) is 23.8 Å². The number of nitrogens with zero attached hydrogens (tertiary/aromatic N) is 2. The van der Waals surface area contributed by atoms with Crippen molar-refractivity contribution in [3.63, 3.8) is 0 Å². The first kappa shape index (κ1) is 18.8. The van der Waals surface area contributed by atoms with Gasteiger partial charge < -0.3 is 21.5 Å². The zero-order valence-electron chi connectivity index (χ0n) is 14.4. The van der Waals surface area contributed by atoms with E-state index in [1.807, 2.05) is 0 Å². The number of hydrogen-bond donors (Lipinski definition) is 4. The normalized spacial score (nSPS) is 18.2. The van der Waals surface area contributed by atoms with Crippen molar-refractivity contribution in [3.05, 3.63) is 60.6 Å². The van der Waals surface area contributed by atoms with Crippen molar-refractivity contribution in [3.8, 4) is 0 Å². The van der Waals surface area contributed by atoms with E-state index in [9.17, 15) is 23.9 Å². The van der Waals surface area contributed by atoms with Crippen LogP contribution in [0.1, 0.15) is 5.56 Å². The molecule has 1 unspecified atom stereocenters. The Labute approximate surface area is 158 Å². The molecule has 1 aromatic heterocycles. The van der Waals surface area contributed by atoms with Crippen LogP contribution in [0.2, 0.25) is 0 Å². The van der Waals surface area contributed by atoms with Crippen LogP contribution in [0.15, 0.2) is 49.2 Å². The number of rotatable bonds is 5. The van der Waals surface area contributed by atoms with Gasteiger partial charge in [0.15, 0.2) is 6.04 Å². The van der Waals surface area contributed by atoms with Gasteiger partial charge >= 0.3 is 12.0 Å². The summed E-state index contributed by atoms with van der Waals surface area (Å²) in [6, 6.07) is 4.58. The molecule has 1 saturated heterocycles. The third kappa shape index (κ3) is 3.61. The number of carboxylic acids is 1. The van der Waals surface area contributed by atoms with Gasteiger partial charge in [-0.25, -0.2) is 23.9 Å². The number of carbonyl (C=O) groups excluding carboxylic acids is 2. The number of imide groups is 1. The highest BCUT2D eigenvalue weighted by Crippen LogP contribution is 2.25. The number of likely N-dealkylation sites (tertiary alicyclic amines) is 1. The van der Waals surface area contributed by atoms with E-state index in [0.29, 0.717) is 16.2 Å². The number of β-lactam (4-membered cyclic amide) rings is 1. The van der Waals surface area contributed by atoms with Crippen LogP contribution in [-0.2, 0) is 9.59 Å². The number of urea groups is 1. The fourth-order valence-electron chi connectivity index (χ4n) is 2.74. The number of pyridine rings is 1. The second kappa shape index (κ2) is 7.35. The van der Waals surface area contributed by atoms with Crippen molar-refractivity contribution in [1.29, 1.82) is 0 Å². The summed E-state index contributed by atoms with van der Waals surface area (Å²) in [7, 11) is 0. The van der Waals surface area contributed by atoms with E-state index >= 15 is 0 Å². The number of hydrogen-bond acceptors (Lipinski definition) is 6. The molecule has 28 heavy (non-hydrogen) atoms. The summed E-state index contributed by atoms with van der Waals surface area (Å²) < 4.78 is 13.0. The minimum absolute atomic E-state index is 0.0975. The molecule has 10 heteroatoms. The molecule has 0 aliphatic carbocycles. The smallest absolute Gasteiger partial charge is 0.329 e. The molecular weight excluding hydrogens is 369 g/mol. The van der Waals surface area contributed by atoms with E-state index in [0.717, 1.165) is 0 Å². The number of halogens is 1. The minimum atomic E-state index is -1.43. The first-order valence-electron chi connectivity index (χ1n) is 8.07. The fraction of sp³-hybridized carbons (Fsp3) is 0.111. The molecule has 0 saturated carbocycles. The van der Waals surface area contributed by atoms with Gasteiger partial charge in [-0.1, -0.05) is 18.7 Å². The van der Waals surface area contributed by atoms with Crippen LogP contribution in [0, 0.1) is 5.82 Å². The summed E-state index contributed by atoms with van der Waals surface area (Å²) in [5, 5.41) is 14.5. The Morgan fingerprint density at radius 2 is 1.93 bits per heavy atom. The molecule has 0 spiro atoms. The van der Waals surface area contributed by atoms with Crippen LogP contribution in [0.25, 0.3) is 5.70 Å². The second-order valence-corrected chi connectivity index (χ2v) is 6.00. The number of aromatic nitrogens is 1. The van der Waals surface area contributed by atoms with Crippen LogP contribution < -0.4 is 16.4 Å². The lowest BCUT2D eigenvalue weighted by Crippen LogP contribution is -2.73. The van der Waals surface area contributed by atoms with Crippen LogP contribution in [-0.4, -0.2) is 45.0 Å². The van der Waals surface area contributed by atoms with Crippen molar-refractivity contribution >= 4 is 35.1 Å². The van der Waals surface area contributed by atoms with Crippen LogP contribution in [0.3, 0.4) is 0 Å². The number of carboxylic acid groups (broad SMARTS) is 1. The highest BCUT2D eigenvalue weighted by molar-refractivity contribution is 6.12. The lowest BCUT2D eigenvalue weighted by atomic mass is 9.95. The first-order valence-corrected chi connectivity index (χ1v) is 8.07. The predicted molar refractivity (Wildman–Crippen MR) is 98.3 cm³/mol. The third-order valence-electron chi connectivity index (χ3n) is 4.12. The molecule has 3 rings (SSSR count). The highest BCUT2D eigenvalue weighted by Gasteiger charge is 2.55. The number of benzene rings is 1. The quantitative estimate of drug-likeness (QED) is 0.569. The molecule has 2 heterocycles. The summed E-state index contributed by atoms with van der Waals surface area (Å²) in [6.45, 7) is 3.65. The predicted octanol–water partition coefficient (Wildman–Crippen LogP) is 1.26. The van der Waals surface area contributed by atoms with E-state index in [1.165, 1.54) is 42.6 Å². The van der Waals surface area contributed by atoms with Crippen molar-refractivity contribution in [2.75, 3.05) is 11.1 Å². The summed E-state index contributed by atoms with van der Waals surface area (Å²) in [5.41, 5.74) is 6.46. The van der Waals surface area contributed by atoms with Gasteiger partial charge in [0, 0.05) is 23.6 Å². The molecule has 1 aromatic carbocycles. The lowest BCUT2D eigenvalue weighted by Gasteiger charge is -2.43. The molecule has 1 aliphatic rings. The fourth-order valence-corrected chi connectivity index (χ4v) is 2.74. The average molecular weight is 385 g/mol. The van der Waals surface area contributed by atoms with E-state index < -0.39 is 35.8 Å². The third-order valence-corrected chi connectivity index (χ3v) is 4.12. The van der Waals surface area contributed by atoms with Gasteiger partial charge in [-0.2, -0.15) is 0 Å². The van der Waals surface area contributed by atoms with Gasteiger partial charge in [-0.15, -0.1) is 0 Å². The number of anilines is 2. The van der Waals surface area contributed by atoms with Gasteiger partial charge in [-0.3, -0.25) is 4.79 Å². The van der Waals surface area contributed by atoms with Crippen molar-refractivity contribution in [1.82, 2.24) is 15.2 Å². The largest absolute Gasteiger partial charge is 0.480 e.